The number of hydrogen-bond acceptors (Lipinski definition) is 17. The zero-order valence-corrected chi connectivity index (χ0v) is 88.4. The summed E-state index contributed by atoms with van der Waals surface area (Å²) in [5.41, 5.74) is 3.59. The monoisotopic (exact) mass is 2090 g/mol. The van der Waals surface area contributed by atoms with Crippen LogP contribution in [0.3, 0.4) is 0 Å². The molecule has 10 aromatic rings. The van der Waals surface area contributed by atoms with E-state index in [9.17, 15) is 19.2 Å². The average molecular weight is 2090 g/mol. The van der Waals surface area contributed by atoms with Gasteiger partial charge in [0.1, 0.15) is 6.10 Å². The van der Waals surface area contributed by atoms with Gasteiger partial charge in [0.25, 0.3) is 8.32 Å². The summed E-state index contributed by atoms with van der Waals surface area (Å²) in [6, 6.07) is 89.0. The SMILES string of the molecule is CC1CCCO1.CCOC(=O)c1c(C[Se]c2ccccc2)cc(OC)cc1OCOC.CCOC(=O)c1c(OCOC)cc(OC)cc1C(CCC[C@H](C)C(/C=C\C[C@@H](C)O[Si](c1ccccc1)(c1ccccc1)C(C)(C)C)OC(=O)c1ccccc1)[Se]c1ccccc1.C[C@@H](C/C=C\C(OC(=O)c1ccccc1)[C@@H](C)CCCI)O[Si](c1ccccc1)(c1ccccc1)C(C)(C)C. The van der Waals surface area contributed by atoms with Gasteiger partial charge < -0.3 is 13.9 Å². The molecule has 1 aliphatic rings. The van der Waals surface area contributed by atoms with Crippen molar-refractivity contribution in [3.05, 3.63) is 325 Å². The molecule has 1 heterocycles. The first-order valence-electron chi connectivity index (χ1n) is 46.2. The van der Waals surface area contributed by atoms with Crippen molar-refractivity contribution in [3.63, 3.8) is 0 Å². The Labute approximate surface area is 820 Å². The topological polar surface area (TPSA) is 188 Å². The third kappa shape index (κ3) is 33.6. The summed E-state index contributed by atoms with van der Waals surface area (Å²) in [5.74, 6) is 0.719. The summed E-state index contributed by atoms with van der Waals surface area (Å²) in [6.07, 6.45) is 16.4. The fourth-order valence-electron chi connectivity index (χ4n) is 16.0. The Morgan fingerprint density at radius 1 is 0.474 bits per heavy atom. The molecule has 1 saturated heterocycles. The van der Waals surface area contributed by atoms with Gasteiger partial charge in [-0.1, -0.05) is 217 Å². The molecule has 1 fully saturated rings. The zero-order chi connectivity index (χ0) is 96.0. The van der Waals surface area contributed by atoms with Crippen molar-refractivity contribution in [2.45, 2.75) is 199 Å². The molecule has 712 valence electrons. The molecule has 133 heavy (non-hydrogen) atoms. The van der Waals surface area contributed by atoms with E-state index in [1.54, 1.807) is 71.6 Å². The number of carbonyl (C=O) groups is 4. The molecule has 0 N–H and O–H groups in total. The second kappa shape index (κ2) is 57.6. The van der Waals surface area contributed by atoms with Gasteiger partial charge in [0, 0.05) is 12.7 Å². The fraction of sp³-hybridized carbons (Fsp3) is 0.387. The normalized spacial score (nSPS) is 14.3. The predicted molar refractivity (Wildman–Crippen MR) is 553 cm³/mol. The molecule has 22 heteroatoms. The summed E-state index contributed by atoms with van der Waals surface area (Å²) >= 11 is 2.51. The van der Waals surface area contributed by atoms with Crippen LogP contribution in [0.5, 0.6) is 23.0 Å². The maximum Gasteiger partial charge on any atom is 0.338 e. The molecule has 0 radical (unpaired) electrons. The first kappa shape index (κ1) is 109. The third-order valence-corrected chi connectivity index (χ3v) is 38.8. The van der Waals surface area contributed by atoms with Crippen LogP contribution in [-0.2, 0) is 47.3 Å². The Kier molecular flexibility index (Phi) is 47.2. The van der Waals surface area contributed by atoms with E-state index in [0.29, 0.717) is 64.4 Å². The van der Waals surface area contributed by atoms with E-state index >= 15 is 0 Å². The molecule has 0 saturated carbocycles. The van der Waals surface area contributed by atoms with Crippen LogP contribution >= 0.6 is 22.6 Å². The largest absolute Gasteiger partial charge is 0.454 e. The van der Waals surface area contributed by atoms with E-state index in [4.69, 9.17) is 61.0 Å². The second-order valence-corrected chi connectivity index (χ2v) is 49.3. The van der Waals surface area contributed by atoms with Crippen LogP contribution < -0.4 is 48.6 Å². The van der Waals surface area contributed by atoms with E-state index in [2.05, 4.69) is 263 Å². The summed E-state index contributed by atoms with van der Waals surface area (Å²) < 4.78 is 79.3. The van der Waals surface area contributed by atoms with E-state index < -0.39 is 34.7 Å². The van der Waals surface area contributed by atoms with Crippen molar-refractivity contribution in [1.82, 2.24) is 0 Å². The molecular formula is C111H139IO17Se2Si2. The minimum absolute atomic E-state index is 0.0114. The first-order chi connectivity index (χ1) is 64.2. The number of esters is 4. The number of methoxy groups -OCH3 is 4. The van der Waals surface area contributed by atoms with Crippen molar-refractivity contribution in [1.29, 1.82) is 0 Å². The zero-order valence-electron chi connectivity index (χ0n) is 80.8. The van der Waals surface area contributed by atoms with Crippen LogP contribution in [0.15, 0.2) is 291 Å². The molecule has 0 aromatic heterocycles. The summed E-state index contributed by atoms with van der Waals surface area (Å²) in [6.45, 7) is 29.6. The van der Waals surface area contributed by atoms with Crippen LogP contribution in [0, 0.1) is 11.8 Å². The summed E-state index contributed by atoms with van der Waals surface area (Å²) in [4.78, 5) is 52.6. The van der Waals surface area contributed by atoms with Gasteiger partial charge >= 0.3 is 448 Å². The van der Waals surface area contributed by atoms with Gasteiger partial charge in [-0.3, -0.25) is 0 Å². The number of alkyl halides is 1. The molecule has 0 amide bonds. The van der Waals surface area contributed by atoms with E-state index in [1.807, 2.05) is 91.0 Å². The molecule has 0 spiro atoms. The second-order valence-electron chi connectivity index (χ2n) is 34.8. The number of carbonyl (C=O) groups excluding carboxylic acids is 4. The Morgan fingerprint density at radius 3 is 1.21 bits per heavy atom. The van der Waals surface area contributed by atoms with Gasteiger partial charge in [-0.2, -0.15) is 0 Å². The minimum Gasteiger partial charge on any atom is -0.454 e. The molecule has 10 aromatic carbocycles. The van der Waals surface area contributed by atoms with Crippen LogP contribution in [0.2, 0.25) is 10.1 Å². The van der Waals surface area contributed by atoms with Crippen molar-refractivity contribution in [3.8, 4) is 23.0 Å². The molecule has 11 rings (SSSR count). The van der Waals surface area contributed by atoms with Gasteiger partial charge in [0.2, 0.25) is 0 Å². The predicted octanol–water partition coefficient (Wildman–Crippen LogP) is 21.4. The minimum atomic E-state index is -2.77. The van der Waals surface area contributed by atoms with Crippen molar-refractivity contribution in [2.75, 3.05) is 66.3 Å². The van der Waals surface area contributed by atoms with Gasteiger partial charge in [0.15, 0.2) is 0 Å². The third-order valence-electron chi connectivity index (χ3n) is 22.7. The average Bonchev–Trinajstić information content (AvgIpc) is 0.885. The summed E-state index contributed by atoms with van der Waals surface area (Å²) in [5, 5.41) is 5.52. The Hall–Kier alpha value is -9.24. The van der Waals surface area contributed by atoms with Crippen molar-refractivity contribution in [2.24, 2.45) is 11.8 Å². The Bertz CT molecular complexity index is 5010. The molecule has 0 aliphatic carbocycles. The van der Waals surface area contributed by atoms with Gasteiger partial charge in [-0.25, -0.2) is 4.79 Å². The van der Waals surface area contributed by atoms with Crippen LogP contribution in [0.1, 0.15) is 205 Å². The smallest absolute Gasteiger partial charge is 0.338 e. The maximum atomic E-state index is 13.7. The van der Waals surface area contributed by atoms with E-state index in [-0.39, 0.29) is 107 Å². The number of halogens is 1. The Balaban J connectivity index is 0.000000262. The molecule has 17 nitrogen and oxygen atoms in total. The number of ether oxygens (including phenoxy) is 11. The van der Waals surface area contributed by atoms with Crippen LogP contribution in [0.4, 0.5) is 0 Å². The number of hydrogen-bond donors (Lipinski definition) is 0. The van der Waals surface area contributed by atoms with Gasteiger partial charge in [-0.15, -0.1) is 0 Å². The van der Waals surface area contributed by atoms with Gasteiger partial charge in [-0.05, 0) is 105 Å². The van der Waals surface area contributed by atoms with Crippen LogP contribution in [-0.4, -0.2) is 167 Å². The van der Waals surface area contributed by atoms with E-state index in [0.717, 1.165) is 66.0 Å². The van der Waals surface area contributed by atoms with Crippen LogP contribution in [0.25, 0.3) is 0 Å². The first-order valence-corrected chi connectivity index (χ1v) is 55.4. The van der Waals surface area contributed by atoms with Gasteiger partial charge in [0.05, 0.1) is 11.7 Å². The molecule has 4 unspecified atom stereocenters. The number of benzene rings is 10. The Morgan fingerprint density at radius 2 is 0.850 bits per heavy atom. The molecule has 0 bridgehead atoms. The van der Waals surface area contributed by atoms with Crippen molar-refractivity contribution < 1.29 is 80.1 Å². The van der Waals surface area contributed by atoms with Crippen molar-refractivity contribution >= 4 is 123 Å². The molecule has 1 aliphatic heterocycles. The fourth-order valence-corrected chi connectivity index (χ4v) is 30.4. The standard InChI is InChI=1S/C53H64O8SeSi.C34H43IO3Si.C19H22O5Se.C5H10O/c1-9-58-52(55)50-46(36-42(57-8)37-48(50)59-38-56-7)49(62-43-28-16-11-17-29-43)35-22-24-39(2)47(60-51(54)41-26-14-10-15-27-41)34-23-25-40(3)61-63(53(4,5)6,44-30-18-12-19-31-44)45-32-20-13-21-33-45;1-27(17-16-26-35)32(37-33(36)29-19-9-6-10-20-29)25-15-18-28(2)38-39(34(3,4)5,30-21-11-7-12-22-30)31-23-13-8-14-24-31;1-4-23-19(20)18-14(12-25-16-8-6-5-7-9-16)10-15(22-3)11-17(18)24-13-21-2;1-5-3-2-4-6-5/h10-21,23,26-34,36-37,39-40,47,49H,9,22,24-25,35,38H2,1-8H3;6-15,19-25,27-28,32H,16-18,26H2,1-5H3;5-11H,4,12-13H2,1-3H3;5H,2-4H2,1H3/b34-23-;25-15-;;/t39-,40+,47?,49?;27-,28-,32?;;/m00../s1. The maximum absolute atomic E-state index is 13.7. The number of rotatable bonds is 45. The van der Waals surface area contributed by atoms with E-state index in [1.165, 1.54) is 49.6 Å². The quantitative estimate of drug-likeness (QED) is 0.00666. The summed E-state index contributed by atoms with van der Waals surface area (Å²) in [7, 11) is 0.879. The molecule has 8 atom stereocenters. The molecular weight excluding hydrogens is 1950 g/mol.